The molecule has 2 aromatic rings. The van der Waals surface area contributed by atoms with Crippen LogP contribution in [-0.4, -0.2) is 15.6 Å². The number of rotatable bonds is 2. The van der Waals surface area contributed by atoms with Gasteiger partial charge in [0, 0.05) is 11.5 Å². The number of carboxylic acids is 1. The first kappa shape index (κ1) is 11.9. The van der Waals surface area contributed by atoms with Crippen LogP contribution < -0.4 is 5.56 Å². The Hall–Kier alpha value is -2.54. The molecule has 0 saturated carbocycles. The number of benzene rings is 1. The minimum Gasteiger partial charge on any atom is -0.478 e. The van der Waals surface area contributed by atoms with Gasteiger partial charge in [-0.05, 0) is 13.0 Å². The second kappa shape index (κ2) is 4.76. The molecule has 1 aromatic carbocycles. The van der Waals surface area contributed by atoms with Crippen molar-refractivity contribution in [2.45, 2.75) is 13.5 Å². The van der Waals surface area contributed by atoms with Crippen LogP contribution in [0.2, 0.25) is 0 Å². The Morgan fingerprint density at radius 1 is 1.39 bits per heavy atom. The molecule has 90 valence electrons. The van der Waals surface area contributed by atoms with Gasteiger partial charge in [0.25, 0.3) is 5.56 Å². The van der Waals surface area contributed by atoms with Crippen molar-refractivity contribution < 1.29 is 9.90 Å². The third-order valence-electron chi connectivity index (χ3n) is 2.66. The van der Waals surface area contributed by atoms with Gasteiger partial charge in [0.15, 0.2) is 0 Å². The molecule has 0 fully saturated rings. The van der Waals surface area contributed by atoms with Crippen molar-refractivity contribution in [3.63, 3.8) is 0 Å². The second-order valence-electron chi connectivity index (χ2n) is 3.73. The van der Waals surface area contributed by atoms with E-state index in [1.807, 2.05) is 0 Å². The first-order valence-electron chi connectivity index (χ1n) is 5.40. The van der Waals surface area contributed by atoms with Gasteiger partial charge in [0.1, 0.15) is 0 Å². The van der Waals surface area contributed by atoms with Crippen molar-refractivity contribution in [3.05, 3.63) is 46.2 Å². The Bertz CT molecular complexity index is 732. The highest BCUT2D eigenvalue weighted by Crippen LogP contribution is 2.16. The molecule has 0 unspecified atom stereocenters. The van der Waals surface area contributed by atoms with Gasteiger partial charge in [-0.3, -0.25) is 9.36 Å². The first-order chi connectivity index (χ1) is 8.65. The SMILES string of the molecule is CC#CCn1c(=O)cc(C(=O)O)c2ccccc21. The van der Waals surface area contributed by atoms with Crippen LogP contribution in [0.4, 0.5) is 0 Å². The Labute approximate surface area is 103 Å². The first-order valence-corrected chi connectivity index (χ1v) is 5.40. The molecule has 0 saturated heterocycles. The Balaban J connectivity index is 2.84. The van der Waals surface area contributed by atoms with E-state index in [1.165, 1.54) is 4.57 Å². The van der Waals surface area contributed by atoms with Crippen molar-refractivity contribution in [2.24, 2.45) is 0 Å². The van der Waals surface area contributed by atoms with E-state index in [9.17, 15) is 9.59 Å². The van der Waals surface area contributed by atoms with Crippen molar-refractivity contribution >= 4 is 16.9 Å². The fourth-order valence-corrected chi connectivity index (χ4v) is 1.83. The predicted octanol–water partition coefficient (Wildman–Crippen LogP) is 1.72. The molecular formula is C14H11NO3. The predicted molar refractivity (Wildman–Crippen MR) is 68.6 cm³/mol. The number of hydrogen-bond acceptors (Lipinski definition) is 2. The standard InChI is InChI=1S/C14H11NO3/c1-2-3-8-15-12-7-5-4-6-10(12)11(14(17)18)9-13(15)16/h4-7,9H,8H2,1H3,(H,17,18). The van der Waals surface area contributed by atoms with Crippen molar-refractivity contribution in [1.29, 1.82) is 0 Å². The molecule has 2 rings (SSSR count). The molecule has 0 aliphatic heterocycles. The van der Waals surface area contributed by atoms with Gasteiger partial charge < -0.3 is 5.11 Å². The molecule has 1 aromatic heterocycles. The van der Waals surface area contributed by atoms with Gasteiger partial charge in [0.05, 0.1) is 17.6 Å². The summed E-state index contributed by atoms with van der Waals surface area (Å²) in [6.45, 7) is 1.95. The number of hydrogen-bond donors (Lipinski definition) is 1. The summed E-state index contributed by atoms with van der Waals surface area (Å²) < 4.78 is 1.47. The van der Waals surface area contributed by atoms with Crippen LogP contribution in [0, 0.1) is 11.8 Å². The molecule has 0 bridgehead atoms. The van der Waals surface area contributed by atoms with Crippen molar-refractivity contribution in [1.82, 2.24) is 4.57 Å². The Morgan fingerprint density at radius 3 is 2.78 bits per heavy atom. The fraction of sp³-hybridized carbons (Fsp3) is 0.143. The molecule has 1 N–H and O–H groups in total. The summed E-state index contributed by atoms with van der Waals surface area (Å²) in [7, 11) is 0. The topological polar surface area (TPSA) is 59.3 Å². The van der Waals surface area contributed by atoms with Gasteiger partial charge in [-0.15, -0.1) is 5.92 Å². The zero-order valence-electron chi connectivity index (χ0n) is 9.80. The number of aromatic carboxylic acids is 1. The molecule has 4 nitrogen and oxygen atoms in total. The average molecular weight is 241 g/mol. The molecule has 0 radical (unpaired) electrons. The third kappa shape index (κ3) is 1.98. The van der Waals surface area contributed by atoms with Crippen LogP contribution in [0.1, 0.15) is 17.3 Å². The van der Waals surface area contributed by atoms with E-state index < -0.39 is 5.97 Å². The molecule has 0 aliphatic rings. The number of carboxylic acid groups (broad SMARTS) is 1. The molecule has 0 atom stereocenters. The van der Waals surface area contributed by atoms with E-state index >= 15 is 0 Å². The van der Waals surface area contributed by atoms with Gasteiger partial charge in [-0.2, -0.15) is 0 Å². The van der Waals surface area contributed by atoms with E-state index in [1.54, 1.807) is 31.2 Å². The zero-order valence-corrected chi connectivity index (χ0v) is 9.80. The van der Waals surface area contributed by atoms with Crippen LogP contribution in [0.25, 0.3) is 10.9 Å². The minimum atomic E-state index is -1.10. The molecule has 18 heavy (non-hydrogen) atoms. The summed E-state index contributed by atoms with van der Waals surface area (Å²) >= 11 is 0. The molecule has 0 spiro atoms. The Kier molecular flexibility index (Phi) is 3.16. The minimum absolute atomic E-state index is 0.0244. The number of nitrogens with zero attached hydrogens (tertiary/aromatic N) is 1. The average Bonchev–Trinajstić information content (AvgIpc) is 2.36. The van der Waals surface area contributed by atoms with Crippen LogP contribution in [0.15, 0.2) is 35.1 Å². The van der Waals surface area contributed by atoms with Crippen molar-refractivity contribution in [3.8, 4) is 11.8 Å². The van der Waals surface area contributed by atoms with Gasteiger partial charge in [-0.1, -0.05) is 24.1 Å². The smallest absolute Gasteiger partial charge is 0.336 e. The number of carbonyl (C=O) groups is 1. The maximum absolute atomic E-state index is 11.9. The highest BCUT2D eigenvalue weighted by atomic mass is 16.4. The monoisotopic (exact) mass is 241 g/mol. The van der Waals surface area contributed by atoms with Crippen molar-refractivity contribution in [2.75, 3.05) is 0 Å². The van der Waals surface area contributed by atoms with Crippen LogP contribution in [0.5, 0.6) is 0 Å². The van der Waals surface area contributed by atoms with E-state index in [-0.39, 0.29) is 17.7 Å². The summed E-state index contributed by atoms with van der Waals surface area (Å²) in [4.78, 5) is 23.0. The van der Waals surface area contributed by atoms with E-state index in [0.717, 1.165) is 6.07 Å². The fourth-order valence-electron chi connectivity index (χ4n) is 1.83. The van der Waals surface area contributed by atoms with Crippen LogP contribution in [0.3, 0.4) is 0 Å². The summed E-state index contributed by atoms with van der Waals surface area (Å²) in [5.74, 6) is 4.43. The molecule has 0 amide bonds. The molecule has 4 heteroatoms. The molecule has 1 heterocycles. The Morgan fingerprint density at radius 2 is 2.11 bits per heavy atom. The lowest BCUT2D eigenvalue weighted by atomic mass is 10.1. The molecule has 0 aliphatic carbocycles. The summed E-state index contributed by atoms with van der Waals surface area (Å²) in [5, 5.41) is 9.64. The maximum atomic E-state index is 11.9. The zero-order chi connectivity index (χ0) is 13.1. The summed E-state index contributed by atoms with van der Waals surface area (Å²) in [6.07, 6.45) is 0. The van der Waals surface area contributed by atoms with E-state index in [0.29, 0.717) is 10.9 Å². The number of pyridine rings is 1. The highest BCUT2D eigenvalue weighted by molar-refractivity contribution is 6.02. The quantitative estimate of drug-likeness (QED) is 0.814. The molecular weight excluding hydrogens is 230 g/mol. The maximum Gasteiger partial charge on any atom is 0.336 e. The number of fused-ring (bicyclic) bond motifs is 1. The van der Waals surface area contributed by atoms with Gasteiger partial charge >= 0.3 is 5.97 Å². The van der Waals surface area contributed by atoms with E-state index in [2.05, 4.69) is 11.8 Å². The van der Waals surface area contributed by atoms with E-state index in [4.69, 9.17) is 5.11 Å². The summed E-state index contributed by atoms with van der Waals surface area (Å²) in [5.41, 5.74) is 0.260. The lowest BCUT2D eigenvalue weighted by Gasteiger charge is -2.08. The third-order valence-corrected chi connectivity index (χ3v) is 2.66. The van der Waals surface area contributed by atoms with Gasteiger partial charge in [-0.25, -0.2) is 4.79 Å². The number of para-hydroxylation sites is 1. The highest BCUT2D eigenvalue weighted by Gasteiger charge is 2.12. The lowest BCUT2D eigenvalue weighted by molar-refractivity contribution is 0.0699. The lowest BCUT2D eigenvalue weighted by Crippen LogP contribution is -2.21. The number of aromatic nitrogens is 1. The second-order valence-corrected chi connectivity index (χ2v) is 3.73. The largest absolute Gasteiger partial charge is 0.478 e. The van der Waals surface area contributed by atoms with Crippen LogP contribution in [-0.2, 0) is 6.54 Å². The van der Waals surface area contributed by atoms with Crippen LogP contribution >= 0.6 is 0 Å². The summed E-state index contributed by atoms with van der Waals surface area (Å²) in [6, 6.07) is 8.06. The van der Waals surface area contributed by atoms with Gasteiger partial charge in [0.2, 0.25) is 0 Å². The normalized spacial score (nSPS) is 9.83.